The Labute approximate surface area is 72.3 Å². The van der Waals surface area contributed by atoms with Crippen LogP contribution < -0.4 is 0 Å². The van der Waals surface area contributed by atoms with Gasteiger partial charge in [-0.05, 0) is 15.9 Å². The summed E-state index contributed by atoms with van der Waals surface area (Å²) in [5.74, 6) is -0.384. The van der Waals surface area contributed by atoms with Crippen molar-refractivity contribution < 1.29 is 9.53 Å². The van der Waals surface area contributed by atoms with E-state index in [1.807, 2.05) is 0 Å². The third-order valence-corrected chi connectivity index (χ3v) is 1.77. The number of hydrogen-bond acceptors (Lipinski definition) is 3. The molecule has 0 spiro atoms. The molecule has 1 rings (SSSR count). The monoisotopic (exact) mass is 218 g/mol. The third kappa shape index (κ3) is 1.59. The molecule has 5 heteroatoms. The van der Waals surface area contributed by atoms with E-state index in [9.17, 15) is 4.79 Å². The molecule has 0 saturated carbocycles. The maximum Gasteiger partial charge on any atom is 0.342 e. The number of hydrogen-bond donors (Lipinski definition) is 0. The quantitative estimate of drug-likeness (QED) is 0.661. The molecule has 0 N–H and O–H groups in total. The molecule has 1 heterocycles. The molecule has 0 aliphatic heterocycles. The zero-order chi connectivity index (χ0) is 8.43. The van der Waals surface area contributed by atoms with E-state index in [0.29, 0.717) is 10.2 Å². The van der Waals surface area contributed by atoms with Gasteiger partial charge in [0.25, 0.3) is 0 Å². The summed E-state index contributed by atoms with van der Waals surface area (Å²) in [5, 5.41) is 3.91. The molecule has 0 saturated heterocycles. The van der Waals surface area contributed by atoms with E-state index in [4.69, 9.17) is 0 Å². The molecule has 11 heavy (non-hydrogen) atoms. The Bertz CT molecular complexity index is 282. The van der Waals surface area contributed by atoms with E-state index in [-0.39, 0.29) is 5.97 Å². The van der Waals surface area contributed by atoms with Crippen molar-refractivity contribution in [2.24, 2.45) is 7.05 Å². The van der Waals surface area contributed by atoms with Gasteiger partial charge < -0.3 is 4.74 Å². The van der Waals surface area contributed by atoms with Crippen molar-refractivity contribution in [3.8, 4) is 0 Å². The van der Waals surface area contributed by atoms with Crippen LogP contribution in [0.3, 0.4) is 0 Å². The molecule has 4 nitrogen and oxygen atoms in total. The number of methoxy groups -OCH3 is 1. The maximum atomic E-state index is 10.9. The summed E-state index contributed by atoms with van der Waals surface area (Å²) >= 11 is 3.13. The Morgan fingerprint density at radius 2 is 2.45 bits per heavy atom. The van der Waals surface area contributed by atoms with Crippen molar-refractivity contribution in [1.82, 2.24) is 9.78 Å². The lowest BCUT2D eigenvalue weighted by molar-refractivity contribution is 0.0599. The number of rotatable bonds is 1. The number of ether oxygens (including phenoxy) is 1. The van der Waals surface area contributed by atoms with Gasteiger partial charge in [-0.1, -0.05) is 0 Å². The summed E-state index contributed by atoms with van der Waals surface area (Å²) in [6.07, 6.45) is 1.59. The van der Waals surface area contributed by atoms with Gasteiger partial charge in [0.1, 0.15) is 10.2 Å². The summed E-state index contributed by atoms with van der Waals surface area (Å²) < 4.78 is 6.55. The summed E-state index contributed by atoms with van der Waals surface area (Å²) in [7, 11) is 3.07. The smallest absolute Gasteiger partial charge is 0.342 e. The Morgan fingerprint density at radius 1 is 1.82 bits per heavy atom. The van der Waals surface area contributed by atoms with Crippen molar-refractivity contribution in [1.29, 1.82) is 0 Å². The second-order valence-corrected chi connectivity index (χ2v) is 2.75. The zero-order valence-electron chi connectivity index (χ0n) is 6.17. The van der Waals surface area contributed by atoms with Gasteiger partial charge in [-0.3, -0.25) is 4.68 Å². The van der Waals surface area contributed by atoms with Gasteiger partial charge in [0.15, 0.2) is 0 Å². The largest absolute Gasteiger partial charge is 0.465 e. The molecule has 1 aromatic heterocycles. The summed E-state index contributed by atoms with van der Waals surface area (Å²) in [6.45, 7) is 0. The van der Waals surface area contributed by atoms with Crippen molar-refractivity contribution in [3.05, 3.63) is 16.4 Å². The Hall–Kier alpha value is -0.840. The van der Waals surface area contributed by atoms with Gasteiger partial charge in [0.05, 0.1) is 7.11 Å². The van der Waals surface area contributed by atoms with Crippen molar-refractivity contribution >= 4 is 21.9 Å². The van der Waals surface area contributed by atoms with E-state index in [2.05, 4.69) is 25.8 Å². The van der Waals surface area contributed by atoms with Crippen LogP contribution in [0.1, 0.15) is 10.4 Å². The maximum absolute atomic E-state index is 10.9. The van der Waals surface area contributed by atoms with Gasteiger partial charge in [0, 0.05) is 13.2 Å². The molecule has 60 valence electrons. The number of halogens is 1. The normalized spacial score (nSPS) is 9.73. The summed E-state index contributed by atoms with van der Waals surface area (Å²) in [4.78, 5) is 10.9. The van der Waals surface area contributed by atoms with E-state index in [1.165, 1.54) is 11.8 Å². The van der Waals surface area contributed by atoms with Crippen LogP contribution in [0.15, 0.2) is 10.8 Å². The predicted molar refractivity (Wildman–Crippen MR) is 42.2 cm³/mol. The highest BCUT2D eigenvalue weighted by Crippen LogP contribution is 2.13. The molecule has 0 fully saturated rings. The van der Waals surface area contributed by atoms with Crippen LogP contribution in [-0.2, 0) is 11.8 Å². The topological polar surface area (TPSA) is 44.1 Å². The minimum absolute atomic E-state index is 0.384. The fourth-order valence-electron chi connectivity index (χ4n) is 0.708. The Kier molecular flexibility index (Phi) is 2.28. The summed E-state index contributed by atoms with van der Waals surface area (Å²) in [5.41, 5.74) is 0.440. The van der Waals surface area contributed by atoms with Crippen molar-refractivity contribution in [3.63, 3.8) is 0 Å². The van der Waals surface area contributed by atoms with Gasteiger partial charge in [0.2, 0.25) is 0 Å². The molecule has 0 aliphatic rings. The third-order valence-electron chi connectivity index (χ3n) is 1.19. The van der Waals surface area contributed by atoms with Crippen LogP contribution in [0.5, 0.6) is 0 Å². The van der Waals surface area contributed by atoms with Gasteiger partial charge in [-0.2, -0.15) is 5.10 Å². The fourth-order valence-corrected chi connectivity index (χ4v) is 1.22. The average Bonchev–Trinajstić information content (AvgIpc) is 2.28. The highest BCUT2D eigenvalue weighted by atomic mass is 79.9. The highest BCUT2D eigenvalue weighted by molar-refractivity contribution is 9.10. The lowest BCUT2D eigenvalue weighted by Gasteiger charge is -1.92. The van der Waals surface area contributed by atoms with Gasteiger partial charge >= 0.3 is 5.97 Å². The lowest BCUT2D eigenvalue weighted by Crippen LogP contribution is -1.99. The first-order chi connectivity index (χ1) is 5.15. The van der Waals surface area contributed by atoms with Crippen LogP contribution in [0.4, 0.5) is 0 Å². The molecule has 1 aromatic rings. The number of carbonyl (C=O) groups excluding carboxylic acids is 1. The average molecular weight is 219 g/mol. The molecule has 0 unspecified atom stereocenters. The van der Waals surface area contributed by atoms with Crippen LogP contribution in [0.2, 0.25) is 0 Å². The second kappa shape index (κ2) is 3.04. The minimum atomic E-state index is -0.384. The first-order valence-corrected chi connectivity index (χ1v) is 3.72. The molecule has 0 aromatic carbocycles. The van der Waals surface area contributed by atoms with Crippen LogP contribution in [0.25, 0.3) is 0 Å². The standard InChI is InChI=1S/C6H7BrN2O2/c1-9-3-4(5(7)8-9)6(10)11-2/h3H,1-2H3. The number of carbonyl (C=O) groups is 1. The van der Waals surface area contributed by atoms with Crippen molar-refractivity contribution in [2.75, 3.05) is 7.11 Å². The van der Waals surface area contributed by atoms with Gasteiger partial charge in [-0.15, -0.1) is 0 Å². The SMILES string of the molecule is COC(=O)c1cn(C)nc1Br. The van der Waals surface area contributed by atoms with E-state index >= 15 is 0 Å². The number of aryl methyl sites for hydroxylation is 1. The van der Waals surface area contributed by atoms with E-state index in [0.717, 1.165) is 0 Å². The summed E-state index contributed by atoms with van der Waals surface area (Å²) in [6, 6.07) is 0. The Morgan fingerprint density at radius 3 is 2.82 bits per heavy atom. The predicted octanol–water partition coefficient (Wildman–Crippen LogP) is 0.969. The molecular weight excluding hydrogens is 212 g/mol. The lowest BCUT2D eigenvalue weighted by atomic mass is 10.4. The van der Waals surface area contributed by atoms with E-state index in [1.54, 1.807) is 13.2 Å². The fraction of sp³-hybridized carbons (Fsp3) is 0.333. The Balaban J connectivity index is 3.03. The highest BCUT2D eigenvalue weighted by Gasteiger charge is 2.12. The molecule has 0 atom stereocenters. The zero-order valence-corrected chi connectivity index (χ0v) is 7.75. The first kappa shape index (κ1) is 8.26. The molecule has 0 aliphatic carbocycles. The second-order valence-electron chi connectivity index (χ2n) is 2.00. The molecule has 0 radical (unpaired) electrons. The molecular formula is C6H7BrN2O2. The van der Waals surface area contributed by atoms with Gasteiger partial charge in [-0.25, -0.2) is 4.79 Å². The minimum Gasteiger partial charge on any atom is -0.465 e. The first-order valence-electron chi connectivity index (χ1n) is 2.92. The molecule has 0 bridgehead atoms. The van der Waals surface area contributed by atoms with Crippen LogP contribution in [-0.4, -0.2) is 22.9 Å². The van der Waals surface area contributed by atoms with E-state index < -0.39 is 0 Å². The number of aromatic nitrogens is 2. The molecule has 0 amide bonds. The van der Waals surface area contributed by atoms with Crippen molar-refractivity contribution in [2.45, 2.75) is 0 Å². The number of nitrogens with zero attached hydrogens (tertiary/aromatic N) is 2. The van der Waals surface area contributed by atoms with Crippen LogP contribution >= 0.6 is 15.9 Å². The number of esters is 1. The van der Waals surface area contributed by atoms with Crippen LogP contribution in [0, 0.1) is 0 Å².